The summed E-state index contributed by atoms with van der Waals surface area (Å²) in [4.78, 5) is 0. The van der Waals surface area contributed by atoms with E-state index < -0.39 is 0 Å². The number of nitrogens with two attached hydrogens (primary N) is 1. The first-order valence-corrected chi connectivity index (χ1v) is 6.00. The molecular formula is C11H14N4S. The molecule has 2 aromatic rings. The lowest BCUT2D eigenvalue weighted by molar-refractivity contribution is 0.618. The number of nitrogens with one attached hydrogen (secondary N) is 1. The first-order valence-electron chi connectivity index (χ1n) is 5.17. The van der Waals surface area contributed by atoms with Gasteiger partial charge in [0.05, 0.1) is 11.7 Å². The Morgan fingerprint density at radius 3 is 2.62 bits per heavy atom. The lowest BCUT2D eigenvalue weighted by Gasteiger charge is -2.13. The molecule has 5 heteroatoms. The largest absolute Gasteiger partial charge is 0.271 e. The molecule has 1 aromatic carbocycles. The summed E-state index contributed by atoms with van der Waals surface area (Å²) in [6, 6.07) is 8.29. The Bertz CT molecular complexity index is 424. The molecule has 1 atom stereocenters. The van der Waals surface area contributed by atoms with E-state index >= 15 is 0 Å². The Morgan fingerprint density at radius 1 is 1.38 bits per heavy atom. The van der Waals surface area contributed by atoms with Gasteiger partial charge in [-0.15, -0.1) is 5.10 Å². The lowest BCUT2D eigenvalue weighted by Crippen LogP contribution is -2.29. The molecule has 0 bridgehead atoms. The number of hydrazine groups is 1. The maximum absolute atomic E-state index is 5.55. The van der Waals surface area contributed by atoms with Crippen LogP contribution in [0.4, 0.5) is 0 Å². The molecule has 0 spiro atoms. The standard InChI is InChI=1S/C11H14N4S/c1-2-8-3-5-9(6-4-8)11(13-12)10-7-16-15-14-10/h3-7,11,13H,2,12H2,1H3. The van der Waals surface area contributed by atoms with Gasteiger partial charge in [-0.1, -0.05) is 35.7 Å². The summed E-state index contributed by atoms with van der Waals surface area (Å²) < 4.78 is 3.85. The number of rotatable bonds is 4. The third-order valence-corrected chi connectivity index (χ3v) is 3.08. The molecule has 0 aliphatic heterocycles. The highest BCUT2D eigenvalue weighted by atomic mass is 32.1. The van der Waals surface area contributed by atoms with Crippen molar-refractivity contribution in [2.24, 2.45) is 5.84 Å². The van der Waals surface area contributed by atoms with E-state index in [1.807, 2.05) is 5.38 Å². The van der Waals surface area contributed by atoms with Crippen LogP contribution >= 0.6 is 11.5 Å². The maximum Gasteiger partial charge on any atom is 0.0983 e. The van der Waals surface area contributed by atoms with Crippen molar-refractivity contribution in [2.75, 3.05) is 0 Å². The predicted molar refractivity (Wildman–Crippen MR) is 64.9 cm³/mol. The van der Waals surface area contributed by atoms with Gasteiger partial charge in [-0.25, -0.2) is 5.43 Å². The van der Waals surface area contributed by atoms with E-state index in [2.05, 4.69) is 46.2 Å². The summed E-state index contributed by atoms with van der Waals surface area (Å²) in [6.07, 6.45) is 1.04. The van der Waals surface area contributed by atoms with E-state index in [9.17, 15) is 0 Å². The average molecular weight is 234 g/mol. The van der Waals surface area contributed by atoms with Crippen LogP contribution in [-0.2, 0) is 6.42 Å². The number of hydrogen-bond acceptors (Lipinski definition) is 5. The quantitative estimate of drug-likeness (QED) is 0.623. The SMILES string of the molecule is CCc1ccc(C(NN)c2csnn2)cc1. The molecule has 1 unspecified atom stereocenters. The van der Waals surface area contributed by atoms with E-state index in [1.54, 1.807) is 0 Å². The topological polar surface area (TPSA) is 63.8 Å². The summed E-state index contributed by atoms with van der Waals surface area (Å²) in [7, 11) is 0. The van der Waals surface area contributed by atoms with E-state index in [1.165, 1.54) is 17.1 Å². The molecule has 0 radical (unpaired) electrons. The Hall–Kier alpha value is -1.30. The van der Waals surface area contributed by atoms with Crippen LogP contribution in [0.15, 0.2) is 29.6 Å². The summed E-state index contributed by atoms with van der Waals surface area (Å²) in [5.74, 6) is 5.55. The highest BCUT2D eigenvalue weighted by Crippen LogP contribution is 2.20. The highest BCUT2D eigenvalue weighted by Gasteiger charge is 2.14. The van der Waals surface area contributed by atoms with Crippen molar-refractivity contribution in [3.63, 3.8) is 0 Å². The van der Waals surface area contributed by atoms with Crippen LogP contribution in [0.2, 0.25) is 0 Å². The minimum atomic E-state index is -0.0790. The fraction of sp³-hybridized carbons (Fsp3) is 0.273. The normalized spacial score (nSPS) is 12.6. The minimum absolute atomic E-state index is 0.0790. The Labute approximate surface area is 98.6 Å². The van der Waals surface area contributed by atoms with E-state index in [0.717, 1.165) is 17.7 Å². The van der Waals surface area contributed by atoms with Crippen LogP contribution in [0, 0.1) is 0 Å². The second-order valence-electron chi connectivity index (χ2n) is 3.52. The minimum Gasteiger partial charge on any atom is -0.271 e. The molecule has 0 aliphatic carbocycles. The lowest BCUT2D eigenvalue weighted by atomic mass is 10.0. The maximum atomic E-state index is 5.55. The second kappa shape index (κ2) is 5.16. The summed E-state index contributed by atoms with van der Waals surface area (Å²) in [5.41, 5.74) is 6.04. The van der Waals surface area contributed by atoms with Gasteiger partial charge in [0.2, 0.25) is 0 Å². The van der Waals surface area contributed by atoms with Gasteiger partial charge in [-0.3, -0.25) is 5.84 Å². The predicted octanol–water partition coefficient (Wildman–Crippen LogP) is 1.65. The van der Waals surface area contributed by atoms with Gasteiger partial charge in [0, 0.05) is 5.38 Å². The highest BCUT2D eigenvalue weighted by molar-refractivity contribution is 7.03. The fourth-order valence-electron chi connectivity index (χ4n) is 1.60. The van der Waals surface area contributed by atoms with Crippen LogP contribution in [0.25, 0.3) is 0 Å². The van der Waals surface area contributed by atoms with Crippen molar-refractivity contribution in [3.8, 4) is 0 Å². The molecule has 0 fully saturated rings. The number of aryl methyl sites for hydroxylation is 1. The van der Waals surface area contributed by atoms with Crippen molar-refractivity contribution in [2.45, 2.75) is 19.4 Å². The first kappa shape index (κ1) is 11.2. The van der Waals surface area contributed by atoms with Crippen molar-refractivity contribution < 1.29 is 0 Å². The zero-order chi connectivity index (χ0) is 11.4. The van der Waals surface area contributed by atoms with Crippen molar-refractivity contribution in [1.82, 2.24) is 15.0 Å². The summed E-state index contributed by atoms with van der Waals surface area (Å²) >= 11 is 1.33. The third-order valence-electron chi connectivity index (χ3n) is 2.56. The molecule has 84 valence electrons. The van der Waals surface area contributed by atoms with Gasteiger partial charge in [0.1, 0.15) is 0 Å². The smallest absolute Gasteiger partial charge is 0.0983 e. The van der Waals surface area contributed by atoms with Crippen LogP contribution in [-0.4, -0.2) is 9.59 Å². The molecule has 1 heterocycles. The molecule has 16 heavy (non-hydrogen) atoms. The van der Waals surface area contributed by atoms with Gasteiger partial charge in [-0.05, 0) is 29.1 Å². The Balaban J connectivity index is 2.27. The van der Waals surface area contributed by atoms with Crippen LogP contribution < -0.4 is 11.3 Å². The number of nitrogens with zero attached hydrogens (tertiary/aromatic N) is 2. The number of hydrogen-bond donors (Lipinski definition) is 2. The second-order valence-corrected chi connectivity index (χ2v) is 4.13. The molecule has 1 aromatic heterocycles. The molecule has 2 rings (SSSR count). The molecule has 0 saturated carbocycles. The summed E-state index contributed by atoms with van der Waals surface area (Å²) in [5, 5.41) is 5.93. The van der Waals surface area contributed by atoms with Crippen LogP contribution in [0.1, 0.15) is 29.8 Å². The number of benzene rings is 1. The molecule has 4 nitrogen and oxygen atoms in total. The first-order chi connectivity index (χ1) is 7.85. The monoisotopic (exact) mass is 234 g/mol. The molecule has 0 saturated heterocycles. The van der Waals surface area contributed by atoms with Gasteiger partial charge < -0.3 is 0 Å². The Morgan fingerprint density at radius 2 is 2.12 bits per heavy atom. The van der Waals surface area contributed by atoms with Gasteiger partial charge in [0.15, 0.2) is 0 Å². The van der Waals surface area contributed by atoms with Crippen molar-refractivity contribution >= 4 is 11.5 Å². The Kier molecular flexibility index (Phi) is 3.61. The van der Waals surface area contributed by atoms with Crippen LogP contribution in [0.3, 0.4) is 0 Å². The summed E-state index contributed by atoms with van der Waals surface area (Å²) in [6.45, 7) is 2.14. The van der Waals surface area contributed by atoms with Gasteiger partial charge >= 0.3 is 0 Å². The molecule has 3 N–H and O–H groups in total. The molecule has 0 aliphatic rings. The van der Waals surface area contributed by atoms with E-state index in [4.69, 9.17) is 5.84 Å². The van der Waals surface area contributed by atoms with E-state index in [-0.39, 0.29) is 6.04 Å². The molecule has 0 amide bonds. The van der Waals surface area contributed by atoms with Gasteiger partial charge in [0.25, 0.3) is 0 Å². The zero-order valence-corrected chi connectivity index (χ0v) is 9.87. The van der Waals surface area contributed by atoms with Crippen molar-refractivity contribution in [3.05, 3.63) is 46.5 Å². The van der Waals surface area contributed by atoms with Gasteiger partial charge in [-0.2, -0.15) is 0 Å². The average Bonchev–Trinajstić information content (AvgIpc) is 2.85. The fourth-order valence-corrected chi connectivity index (χ4v) is 2.08. The van der Waals surface area contributed by atoms with Crippen LogP contribution in [0.5, 0.6) is 0 Å². The van der Waals surface area contributed by atoms with Crippen molar-refractivity contribution in [1.29, 1.82) is 0 Å². The third kappa shape index (κ3) is 2.27. The molecular weight excluding hydrogens is 220 g/mol. The zero-order valence-electron chi connectivity index (χ0n) is 9.05. The number of aromatic nitrogens is 2. The van der Waals surface area contributed by atoms with E-state index in [0.29, 0.717) is 0 Å².